The molecular weight excluding hydrogens is 186 g/mol. The first-order chi connectivity index (χ1) is 7.08. The zero-order chi connectivity index (χ0) is 11.3. The monoisotopic (exact) mass is 213 g/mol. The predicted molar refractivity (Wildman–Crippen MR) is 64.8 cm³/mol. The van der Waals surface area contributed by atoms with Gasteiger partial charge in [-0.2, -0.15) is 0 Å². The van der Waals surface area contributed by atoms with E-state index in [2.05, 4.69) is 13.8 Å². The fourth-order valence-corrected chi connectivity index (χ4v) is 2.64. The third kappa shape index (κ3) is 3.76. The van der Waals surface area contributed by atoms with Crippen LogP contribution in [0.1, 0.15) is 52.4 Å². The highest BCUT2D eigenvalue weighted by Crippen LogP contribution is 2.34. The van der Waals surface area contributed by atoms with Gasteiger partial charge in [-0.25, -0.2) is 0 Å². The van der Waals surface area contributed by atoms with Gasteiger partial charge < -0.3 is 10.5 Å². The van der Waals surface area contributed by atoms with Gasteiger partial charge in [0.1, 0.15) is 0 Å². The van der Waals surface area contributed by atoms with Gasteiger partial charge in [-0.15, -0.1) is 0 Å². The Bertz CT molecular complexity index is 183. The van der Waals surface area contributed by atoms with Gasteiger partial charge in [0, 0.05) is 19.3 Å². The maximum Gasteiger partial charge on any atom is 0.0465 e. The van der Waals surface area contributed by atoms with Gasteiger partial charge in [0.25, 0.3) is 0 Å². The highest BCUT2D eigenvalue weighted by molar-refractivity contribution is 4.91. The van der Waals surface area contributed by atoms with E-state index in [1.165, 1.54) is 32.1 Å². The summed E-state index contributed by atoms with van der Waals surface area (Å²) >= 11 is 0. The lowest BCUT2D eigenvalue weighted by Crippen LogP contribution is -2.46. The van der Waals surface area contributed by atoms with Crippen LogP contribution in [0.5, 0.6) is 0 Å². The molecular formula is C13H27NO. The smallest absolute Gasteiger partial charge is 0.0465 e. The Kier molecular flexibility index (Phi) is 5.07. The molecule has 0 saturated heterocycles. The number of hydrogen-bond acceptors (Lipinski definition) is 2. The Hall–Kier alpha value is -0.0800. The van der Waals surface area contributed by atoms with Crippen molar-refractivity contribution >= 4 is 0 Å². The number of ether oxygens (including phenoxy) is 1. The molecule has 1 saturated carbocycles. The summed E-state index contributed by atoms with van der Waals surface area (Å²) in [5.41, 5.74) is 6.62. The molecule has 0 aromatic heterocycles. The van der Waals surface area contributed by atoms with Crippen LogP contribution in [-0.4, -0.2) is 19.3 Å². The van der Waals surface area contributed by atoms with Crippen molar-refractivity contribution in [2.45, 2.75) is 57.9 Å². The zero-order valence-corrected chi connectivity index (χ0v) is 10.6. The third-order valence-electron chi connectivity index (χ3n) is 4.18. The maximum absolute atomic E-state index is 6.55. The number of nitrogens with two attached hydrogens (primary N) is 1. The van der Waals surface area contributed by atoms with Crippen LogP contribution in [0.3, 0.4) is 0 Å². The van der Waals surface area contributed by atoms with Gasteiger partial charge in [0.2, 0.25) is 0 Å². The molecule has 3 atom stereocenters. The molecule has 0 radical (unpaired) electrons. The average molecular weight is 213 g/mol. The largest absolute Gasteiger partial charge is 0.385 e. The van der Waals surface area contributed by atoms with Crippen molar-refractivity contribution in [1.82, 2.24) is 0 Å². The molecule has 0 aromatic carbocycles. The molecule has 2 N–H and O–H groups in total. The quantitative estimate of drug-likeness (QED) is 0.729. The molecule has 3 unspecified atom stereocenters. The van der Waals surface area contributed by atoms with Gasteiger partial charge in [-0.1, -0.05) is 26.7 Å². The molecule has 1 rings (SSSR count). The van der Waals surface area contributed by atoms with Crippen molar-refractivity contribution in [2.24, 2.45) is 17.6 Å². The molecule has 0 bridgehead atoms. The number of hydrogen-bond donors (Lipinski definition) is 1. The van der Waals surface area contributed by atoms with Crippen LogP contribution in [0, 0.1) is 11.8 Å². The third-order valence-corrected chi connectivity index (χ3v) is 4.18. The van der Waals surface area contributed by atoms with Crippen molar-refractivity contribution in [1.29, 1.82) is 0 Å². The summed E-state index contributed by atoms with van der Waals surface area (Å²) in [4.78, 5) is 0. The molecule has 90 valence electrons. The molecule has 1 aliphatic rings. The Balaban J connectivity index is 2.48. The Labute approximate surface area is 94.6 Å². The van der Waals surface area contributed by atoms with E-state index in [-0.39, 0.29) is 5.54 Å². The van der Waals surface area contributed by atoms with Crippen LogP contribution in [0.4, 0.5) is 0 Å². The minimum atomic E-state index is 0.0727. The SMILES string of the molecule is COCCC(C)C1(N)CCCC(C)CC1. The topological polar surface area (TPSA) is 35.2 Å². The molecule has 2 heteroatoms. The van der Waals surface area contributed by atoms with E-state index in [1.807, 2.05) is 0 Å². The summed E-state index contributed by atoms with van der Waals surface area (Å²) in [6, 6.07) is 0. The summed E-state index contributed by atoms with van der Waals surface area (Å²) in [5, 5.41) is 0. The summed E-state index contributed by atoms with van der Waals surface area (Å²) < 4.78 is 5.15. The van der Waals surface area contributed by atoms with Crippen molar-refractivity contribution in [2.75, 3.05) is 13.7 Å². The second-order valence-corrected chi connectivity index (χ2v) is 5.45. The molecule has 0 aliphatic heterocycles. The Morgan fingerprint density at radius 1 is 1.40 bits per heavy atom. The van der Waals surface area contributed by atoms with E-state index in [0.717, 1.165) is 18.9 Å². The van der Waals surface area contributed by atoms with Crippen LogP contribution in [0.25, 0.3) is 0 Å². The second-order valence-electron chi connectivity index (χ2n) is 5.45. The number of methoxy groups -OCH3 is 1. The lowest BCUT2D eigenvalue weighted by atomic mass is 9.78. The minimum absolute atomic E-state index is 0.0727. The Morgan fingerprint density at radius 2 is 2.13 bits per heavy atom. The standard InChI is InChI=1S/C13H27NO/c1-11-5-4-8-13(14,9-6-11)12(2)7-10-15-3/h11-12H,4-10,14H2,1-3H3. The first-order valence-electron chi connectivity index (χ1n) is 6.36. The molecule has 0 spiro atoms. The van der Waals surface area contributed by atoms with Crippen LogP contribution in [-0.2, 0) is 4.74 Å². The molecule has 0 heterocycles. The summed E-state index contributed by atoms with van der Waals surface area (Å²) in [6.45, 7) is 5.48. The van der Waals surface area contributed by atoms with Crippen molar-refractivity contribution < 1.29 is 4.74 Å². The normalized spacial score (nSPS) is 34.8. The highest BCUT2D eigenvalue weighted by Gasteiger charge is 2.33. The van der Waals surface area contributed by atoms with Crippen molar-refractivity contribution in [3.8, 4) is 0 Å². The molecule has 0 amide bonds. The van der Waals surface area contributed by atoms with Gasteiger partial charge >= 0.3 is 0 Å². The van der Waals surface area contributed by atoms with Crippen LogP contribution >= 0.6 is 0 Å². The molecule has 0 aromatic rings. The molecule has 2 nitrogen and oxygen atoms in total. The molecule has 15 heavy (non-hydrogen) atoms. The first-order valence-corrected chi connectivity index (χ1v) is 6.36. The van der Waals surface area contributed by atoms with E-state index in [9.17, 15) is 0 Å². The predicted octanol–water partition coefficient (Wildman–Crippen LogP) is 2.96. The van der Waals surface area contributed by atoms with Crippen LogP contribution < -0.4 is 5.73 Å². The fourth-order valence-electron chi connectivity index (χ4n) is 2.64. The first kappa shape index (κ1) is 13.0. The van der Waals surface area contributed by atoms with Crippen LogP contribution in [0.15, 0.2) is 0 Å². The highest BCUT2D eigenvalue weighted by atomic mass is 16.5. The van der Waals surface area contributed by atoms with E-state index >= 15 is 0 Å². The minimum Gasteiger partial charge on any atom is -0.385 e. The summed E-state index contributed by atoms with van der Waals surface area (Å²) in [5.74, 6) is 1.45. The maximum atomic E-state index is 6.55. The van der Waals surface area contributed by atoms with Crippen molar-refractivity contribution in [3.05, 3.63) is 0 Å². The fraction of sp³-hybridized carbons (Fsp3) is 1.00. The van der Waals surface area contributed by atoms with Gasteiger partial charge in [-0.05, 0) is 37.5 Å². The van der Waals surface area contributed by atoms with E-state index < -0.39 is 0 Å². The zero-order valence-electron chi connectivity index (χ0n) is 10.6. The van der Waals surface area contributed by atoms with Gasteiger partial charge in [0.05, 0.1) is 0 Å². The molecule has 1 aliphatic carbocycles. The van der Waals surface area contributed by atoms with E-state index in [0.29, 0.717) is 5.92 Å². The summed E-state index contributed by atoms with van der Waals surface area (Å²) in [6.07, 6.45) is 7.45. The van der Waals surface area contributed by atoms with Gasteiger partial charge in [0.15, 0.2) is 0 Å². The van der Waals surface area contributed by atoms with Crippen LogP contribution in [0.2, 0.25) is 0 Å². The lowest BCUT2D eigenvalue weighted by Gasteiger charge is -2.35. The number of rotatable bonds is 4. The average Bonchev–Trinajstić information content (AvgIpc) is 2.38. The second kappa shape index (κ2) is 5.86. The van der Waals surface area contributed by atoms with E-state index in [1.54, 1.807) is 7.11 Å². The summed E-state index contributed by atoms with van der Waals surface area (Å²) in [7, 11) is 1.77. The van der Waals surface area contributed by atoms with Gasteiger partial charge in [-0.3, -0.25) is 0 Å². The molecule has 1 fully saturated rings. The van der Waals surface area contributed by atoms with Crippen molar-refractivity contribution in [3.63, 3.8) is 0 Å². The lowest BCUT2D eigenvalue weighted by molar-refractivity contribution is 0.147. The Morgan fingerprint density at radius 3 is 2.80 bits per heavy atom. The van der Waals surface area contributed by atoms with E-state index in [4.69, 9.17) is 10.5 Å².